The highest BCUT2D eigenvalue weighted by atomic mass is 16.6. The molecule has 0 bridgehead atoms. The number of nitrogens with two attached hydrogens (primary N) is 1. The van der Waals surface area contributed by atoms with Gasteiger partial charge in [-0.3, -0.25) is 14.9 Å². The van der Waals surface area contributed by atoms with Gasteiger partial charge in [-0.25, -0.2) is 0 Å². The van der Waals surface area contributed by atoms with E-state index >= 15 is 0 Å². The van der Waals surface area contributed by atoms with Crippen molar-refractivity contribution in [3.63, 3.8) is 0 Å². The first kappa shape index (κ1) is 9.45. The second kappa shape index (κ2) is 2.94. The van der Waals surface area contributed by atoms with Gasteiger partial charge in [0.15, 0.2) is 0 Å². The van der Waals surface area contributed by atoms with Crippen LogP contribution in [-0.2, 0) is 4.79 Å². The molecule has 1 heterocycles. The summed E-state index contributed by atoms with van der Waals surface area (Å²) in [4.78, 5) is 21.3. The highest BCUT2D eigenvalue weighted by molar-refractivity contribution is 6.03. The molecule has 1 aromatic carbocycles. The van der Waals surface area contributed by atoms with E-state index in [1.54, 1.807) is 6.92 Å². The zero-order chi connectivity index (χ0) is 11.2. The zero-order valence-electron chi connectivity index (χ0n) is 7.98. The lowest BCUT2D eigenvalue weighted by atomic mass is 10.0. The summed E-state index contributed by atoms with van der Waals surface area (Å²) in [6, 6.07) is 2.78. The molecular weight excluding hydrogens is 198 g/mol. The molecule has 3 N–H and O–H groups in total. The number of carbonyl (C=O) groups is 1. The SMILES string of the molecule is CC1C(=O)Nc2cc([N+](=O)[O-])c(N)cc21. The average molecular weight is 207 g/mol. The predicted molar refractivity (Wildman–Crippen MR) is 54.6 cm³/mol. The predicted octanol–water partition coefficient (Wildman–Crippen LogP) is 1.23. The Hall–Kier alpha value is -2.11. The third kappa shape index (κ3) is 1.30. The van der Waals surface area contributed by atoms with Crippen molar-refractivity contribution in [2.45, 2.75) is 12.8 Å². The molecule has 6 heteroatoms. The van der Waals surface area contributed by atoms with Crippen molar-refractivity contribution < 1.29 is 9.72 Å². The van der Waals surface area contributed by atoms with Crippen LogP contribution < -0.4 is 11.1 Å². The number of anilines is 2. The van der Waals surface area contributed by atoms with Gasteiger partial charge in [-0.05, 0) is 18.6 Å². The number of benzene rings is 1. The second-order valence-electron chi connectivity index (χ2n) is 3.47. The molecule has 1 atom stereocenters. The van der Waals surface area contributed by atoms with Gasteiger partial charge in [-0.2, -0.15) is 0 Å². The van der Waals surface area contributed by atoms with E-state index in [2.05, 4.69) is 5.32 Å². The van der Waals surface area contributed by atoms with Crippen LogP contribution in [0.15, 0.2) is 12.1 Å². The summed E-state index contributed by atoms with van der Waals surface area (Å²) in [6.45, 7) is 1.73. The van der Waals surface area contributed by atoms with E-state index < -0.39 is 4.92 Å². The Balaban J connectivity index is 2.59. The maximum Gasteiger partial charge on any atom is 0.294 e. The summed E-state index contributed by atoms with van der Waals surface area (Å²) in [6.07, 6.45) is 0. The van der Waals surface area contributed by atoms with Crippen LogP contribution >= 0.6 is 0 Å². The van der Waals surface area contributed by atoms with Crippen molar-refractivity contribution >= 4 is 23.0 Å². The average Bonchev–Trinajstić information content (AvgIpc) is 2.43. The number of nitrogens with zero attached hydrogens (tertiary/aromatic N) is 1. The molecule has 1 aromatic rings. The molecule has 0 aliphatic carbocycles. The number of carbonyl (C=O) groups excluding carboxylic acids is 1. The van der Waals surface area contributed by atoms with Crippen LogP contribution in [0.4, 0.5) is 17.1 Å². The van der Waals surface area contributed by atoms with Gasteiger partial charge in [0, 0.05) is 6.07 Å². The largest absolute Gasteiger partial charge is 0.393 e. The number of nitrogen functional groups attached to an aromatic ring is 1. The molecule has 1 amide bonds. The molecule has 15 heavy (non-hydrogen) atoms. The Morgan fingerprint density at radius 3 is 2.80 bits per heavy atom. The molecule has 1 aliphatic rings. The molecule has 0 radical (unpaired) electrons. The fraction of sp³-hybridized carbons (Fsp3) is 0.222. The number of nitro groups is 1. The van der Waals surface area contributed by atoms with Crippen LogP contribution in [0, 0.1) is 10.1 Å². The quantitative estimate of drug-likeness (QED) is 0.411. The van der Waals surface area contributed by atoms with Gasteiger partial charge in [-0.15, -0.1) is 0 Å². The van der Waals surface area contributed by atoms with Crippen molar-refractivity contribution in [1.82, 2.24) is 0 Å². The number of hydrogen-bond donors (Lipinski definition) is 2. The zero-order valence-corrected chi connectivity index (χ0v) is 7.98. The maximum absolute atomic E-state index is 11.3. The number of nitro benzene ring substituents is 1. The Bertz CT molecular complexity index is 470. The van der Waals surface area contributed by atoms with Crippen LogP contribution in [-0.4, -0.2) is 10.8 Å². The molecule has 1 unspecified atom stereocenters. The van der Waals surface area contributed by atoms with E-state index in [1.807, 2.05) is 0 Å². The third-order valence-corrected chi connectivity index (χ3v) is 2.51. The van der Waals surface area contributed by atoms with E-state index in [0.717, 1.165) is 0 Å². The lowest BCUT2D eigenvalue weighted by molar-refractivity contribution is -0.383. The standard InChI is InChI=1S/C9H9N3O3/c1-4-5-2-6(10)8(12(14)15)3-7(5)11-9(4)13/h2-4H,10H2,1H3,(H,11,13). The van der Waals surface area contributed by atoms with E-state index in [1.165, 1.54) is 12.1 Å². The minimum atomic E-state index is -0.565. The Labute approximate surface area is 85.2 Å². The normalized spacial score (nSPS) is 18.5. The summed E-state index contributed by atoms with van der Waals surface area (Å²) in [7, 11) is 0. The molecule has 2 rings (SSSR count). The van der Waals surface area contributed by atoms with Crippen LogP contribution in [0.1, 0.15) is 18.4 Å². The van der Waals surface area contributed by atoms with Crippen molar-refractivity contribution in [3.8, 4) is 0 Å². The van der Waals surface area contributed by atoms with Gasteiger partial charge in [0.2, 0.25) is 5.91 Å². The van der Waals surface area contributed by atoms with Gasteiger partial charge >= 0.3 is 0 Å². The fourth-order valence-electron chi connectivity index (χ4n) is 1.63. The molecule has 0 saturated carbocycles. The number of fused-ring (bicyclic) bond motifs is 1. The Morgan fingerprint density at radius 2 is 2.20 bits per heavy atom. The molecule has 0 saturated heterocycles. The van der Waals surface area contributed by atoms with Crippen molar-refractivity contribution in [3.05, 3.63) is 27.8 Å². The number of nitrogens with one attached hydrogen (secondary N) is 1. The van der Waals surface area contributed by atoms with Crippen LogP contribution in [0.3, 0.4) is 0 Å². The molecule has 1 aliphatic heterocycles. The molecule has 0 aromatic heterocycles. The number of rotatable bonds is 1. The summed E-state index contributed by atoms with van der Waals surface area (Å²) < 4.78 is 0. The first-order valence-electron chi connectivity index (χ1n) is 4.39. The van der Waals surface area contributed by atoms with E-state index in [9.17, 15) is 14.9 Å². The Kier molecular flexibility index (Phi) is 1.85. The van der Waals surface area contributed by atoms with Gasteiger partial charge in [0.1, 0.15) is 5.69 Å². The minimum absolute atomic E-state index is 0.0853. The first-order chi connectivity index (χ1) is 7.00. The van der Waals surface area contributed by atoms with Crippen LogP contribution in [0.2, 0.25) is 0 Å². The highest BCUT2D eigenvalue weighted by Crippen LogP contribution is 2.37. The second-order valence-corrected chi connectivity index (χ2v) is 3.47. The van der Waals surface area contributed by atoms with Crippen LogP contribution in [0.5, 0.6) is 0 Å². The lowest BCUT2D eigenvalue weighted by Gasteiger charge is -2.03. The van der Waals surface area contributed by atoms with Crippen LogP contribution in [0.25, 0.3) is 0 Å². The summed E-state index contributed by atoms with van der Waals surface area (Å²) in [5.74, 6) is -0.465. The number of amides is 1. The van der Waals surface area contributed by atoms with Gasteiger partial charge in [-0.1, -0.05) is 0 Å². The van der Waals surface area contributed by atoms with Gasteiger partial charge < -0.3 is 11.1 Å². The lowest BCUT2D eigenvalue weighted by Crippen LogP contribution is -2.08. The summed E-state index contributed by atoms with van der Waals surface area (Å²) in [5, 5.41) is 13.2. The van der Waals surface area contributed by atoms with Crippen molar-refractivity contribution in [2.75, 3.05) is 11.1 Å². The third-order valence-electron chi connectivity index (χ3n) is 2.51. The monoisotopic (exact) mass is 207 g/mol. The fourth-order valence-corrected chi connectivity index (χ4v) is 1.63. The number of hydrogen-bond acceptors (Lipinski definition) is 4. The Morgan fingerprint density at radius 1 is 1.53 bits per heavy atom. The first-order valence-corrected chi connectivity index (χ1v) is 4.39. The van der Waals surface area contributed by atoms with Crippen molar-refractivity contribution in [1.29, 1.82) is 0 Å². The molecule has 78 valence electrons. The molecule has 6 nitrogen and oxygen atoms in total. The van der Waals surface area contributed by atoms with E-state index in [4.69, 9.17) is 5.73 Å². The van der Waals surface area contributed by atoms with Gasteiger partial charge in [0.25, 0.3) is 5.69 Å². The molecule has 0 spiro atoms. The van der Waals surface area contributed by atoms with E-state index in [0.29, 0.717) is 11.3 Å². The smallest absolute Gasteiger partial charge is 0.294 e. The van der Waals surface area contributed by atoms with Gasteiger partial charge in [0.05, 0.1) is 16.5 Å². The topological polar surface area (TPSA) is 98.3 Å². The molecule has 0 fully saturated rings. The summed E-state index contributed by atoms with van der Waals surface area (Å²) in [5.41, 5.74) is 6.62. The molecular formula is C9H9N3O3. The van der Waals surface area contributed by atoms with Crippen molar-refractivity contribution in [2.24, 2.45) is 0 Å². The highest BCUT2D eigenvalue weighted by Gasteiger charge is 2.29. The summed E-state index contributed by atoms with van der Waals surface area (Å²) >= 11 is 0. The van der Waals surface area contributed by atoms with E-state index in [-0.39, 0.29) is 23.2 Å². The minimum Gasteiger partial charge on any atom is -0.393 e. The maximum atomic E-state index is 11.3.